The molecule has 36 heavy (non-hydrogen) atoms. The molecule has 0 spiro atoms. The monoisotopic (exact) mass is 520 g/mol. The summed E-state index contributed by atoms with van der Waals surface area (Å²) >= 11 is 0. The third-order valence-electron chi connectivity index (χ3n) is 4.95. The van der Waals surface area contributed by atoms with Gasteiger partial charge in [0.2, 0.25) is 0 Å². The molecule has 2 rings (SSSR count). The average Bonchev–Trinajstić information content (AvgIpc) is 2.77. The van der Waals surface area contributed by atoms with Crippen molar-refractivity contribution in [1.82, 2.24) is 20.7 Å². The van der Waals surface area contributed by atoms with Crippen LogP contribution in [0.4, 0.5) is 9.59 Å². The first kappa shape index (κ1) is 33.3. The van der Waals surface area contributed by atoms with Gasteiger partial charge in [-0.3, -0.25) is 22.5 Å². The van der Waals surface area contributed by atoms with Gasteiger partial charge < -0.3 is 29.5 Å². The third kappa shape index (κ3) is 15.3. The molecule has 0 unspecified atom stereocenters. The highest BCUT2D eigenvalue weighted by Gasteiger charge is 2.27. The van der Waals surface area contributed by atoms with Crippen molar-refractivity contribution < 1.29 is 38.9 Å². The van der Waals surface area contributed by atoms with Gasteiger partial charge in [0, 0.05) is 38.3 Å². The summed E-state index contributed by atoms with van der Waals surface area (Å²) in [5.41, 5.74) is 4.63. The van der Waals surface area contributed by atoms with E-state index in [4.69, 9.17) is 41.0 Å². The van der Waals surface area contributed by atoms with Crippen LogP contribution in [0, 0.1) is 0 Å². The number of amides is 2. The summed E-state index contributed by atoms with van der Waals surface area (Å²) in [7, 11) is 0. The van der Waals surface area contributed by atoms with Crippen molar-refractivity contribution in [1.29, 1.82) is 0 Å². The second kappa shape index (κ2) is 15.4. The van der Waals surface area contributed by atoms with Crippen molar-refractivity contribution >= 4 is 24.1 Å². The molecular formula is C22H44N6O8. The summed E-state index contributed by atoms with van der Waals surface area (Å²) in [6, 6.07) is 0.646. The minimum atomic E-state index is -1.82. The van der Waals surface area contributed by atoms with Gasteiger partial charge in [-0.1, -0.05) is 0 Å². The topological polar surface area (TPSA) is 210 Å². The molecule has 0 atom stereocenters. The summed E-state index contributed by atoms with van der Waals surface area (Å²) in [6.07, 6.45) is 3.09. The number of likely N-dealkylation sites (tertiary alicyclic amines) is 2. The molecule has 0 bridgehead atoms. The molecule has 2 fully saturated rings. The van der Waals surface area contributed by atoms with Gasteiger partial charge in [-0.05, 0) is 67.2 Å². The summed E-state index contributed by atoms with van der Waals surface area (Å²) in [5, 5.41) is 14.8. The Morgan fingerprint density at radius 3 is 1.08 bits per heavy atom. The van der Waals surface area contributed by atoms with E-state index in [1.807, 2.05) is 41.5 Å². The molecule has 0 aromatic heterocycles. The van der Waals surface area contributed by atoms with Crippen molar-refractivity contribution in [3.63, 3.8) is 0 Å². The zero-order chi connectivity index (χ0) is 28.1. The second-order valence-electron chi connectivity index (χ2n) is 10.4. The number of carboxylic acids is 2. The predicted octanol–water partition coefficient (Wildman–Crippen LogP) is 0.854. The zero-order valence-electron chi connectivity index (χ0n) is 22.2. The lowest BCUT2D eigenvalue weighted by Crippen LogP contribution is -2.48. The van der Waals surface area contributed by atoms with Crippen molar-refractivity contribution in [2.45, 2.75) is 90.5 Å². The Hall–Kier alpha value is -2.68. The van der Waals surface area contributed by atoms with Crippen LogP contribution >= 0.6 is 0 Å². The molecule has 2 aliphatic heterocycles. The predicted molar refractivity (Wildman–Crippen MR) is 132 cm³/mol. The van der Waals surface area contributed by atoms with Crippen LogP contribution in [0.2, 0.25) is 0 Å². The smallest absolute Gasteiger partial charge is 0.414 e. The van der Waals surface area contributed by atoms with Gasteiger partial charge in [-0.25, -0.2) is 19.2 Å². The molecule has 0 aromatic carbocycles. The van der Waals surface area contributed by atoms with Crippen molar-refractivity contribution in [3.8, 4) is 0 Å². The highest BCUT2D eigenvalue weighted by atomic mass is 16.6. The highest BCUT2D eigenvalue weighted by molar-refractivity contribution is 6.27. The number of rotatable bonds is 2. The number of ether oxygens (including phenoxy) is 2. The largest absolute Gasteiger partial charge is 0.473 e. The number of hydrogen-bond donors (Lipinski definition) is 6. The van der Waals surface area contributed by atoms with E-state index in [0.717, 1.165) is 25.7 Å². The van der Waals surface area contributed by atoms with E-state index in [-0.39, 0.29) is 12.2 Å². The first-order chi connectivity index (χ1) is 16.5. The van der Waals surface area contributed by atoms with Gasteiger partial charge in [0.1, 0.15) is 11.2 Å². The van der Waals surface area contributed by atoms with Crippen LogP contribution in [0.3, 0.4) is 0 Å². The van der Waals surface area contributed by atoms with E-state index in [2.05, 4.69) is 10.9 Å². The molecule has 0 aliphatic carbocycles. The fraction of sp³-hybridized carbons (Fsp3) is 0.818. The third-order valence-corrected chi connectivity index (χ3v) is 4.95. The molecule has 0 aromatic rings. The maximum atomic E-state index is 11.7. The van der Waals surface area contributed by atoms with E-state index in [1.54, 1.807) is 9.80 Å². The van der Waals surface area contributed by atoms with Crippen LogP contribution in [0.1, 0.15) is 67.2 Å². The van der Waals surface area contributed by atoms with Crippen LogP contribution in [0.5, 0.6) is 0 Å². The normalized spacial score (nSPS) is 17.1. The second-order valence-corrected chi connectivity index (χ2v) is 10.4. The molecule has 14 heteroatoms. The van der Waals surface area contributed by atoms with E-state index in [9.17, 15) is 9.59 Å². The standard InChI is InChI=1S/2C10H21N3O2.C2H2O4/c2*1-10(2,3)15-9(14)13-6-4-8(12-11)5-7-13;3-1(4)2(5)6/h2*8,12H,4-7,11H2,1-3H3;(H,3,4)(H,5,6). The van der Waals surface area contributed by atoms with Crippen LogP contribution < -0.4 is 22.5 Å². The number of nitrogens with two attached hydrogens (primary N) is 2. The Morgan fingerprint density at radius 1 is 0.667 bits per heavy atom. The van der Waals surface area contributed by atoms with E-state index in [0.29, 0.717) is 38.3 Å². The van der Waals surface area contributed by atoms with Crippen molar-refractivity contribution in [3.05, 3.63) is 0 Å². The summed E-state index contributed by atoms with van der Waals surface area (Å²) in [4.78, 5) is 45.0. The molecular weight excluding hydrogens is 476 g/mol. The Labute approximate surface area is 212 Å². The van der Waals surface area contributed by atoms with Crippen LogP contribution in [0.25, 0.3) is 0 Å². The lowest BCUT2D eigenvalue weighted by atomic mass is 10.1. The van der Waals surface area contributed by atoms with E-state index >= 15 is 0 Å². The summed E-state index contributed by atoms with van der Waals surface area (Å²) in [5.74, 6) is 7.04. The maximum absolute atomic E-state index is 11.7. The Balaban J connectivity index is 0.000000558. The maximum Gasteiger partial charge on any atom is 0.414 e. The summed E-state index contributed by atoms with van der Waals surface area (Å²) in [6.45, 7) is 14.1. The minimum Gasteiger partial charge on any atom is -0.473 e. The number of piperidine rings is 2. The van der Waals surface area contributed by atoms with Gasteiger partial charge in [0.25, 0.3) is 0 Å². The van der Waals surface area contributed by atoms with Gasteiger partial charge in [-0.15, -0.1) is 0 Å². The minimum absolute atomic E-state index is 0.224. The molecule has 2 saturated heterocycles. The Bertz CT molecular complexity index is 646. The highest BCUT2D eigenvalue weighted by Crippen LogP contribution is 2.16. The molecule has 2 aliphatic rings. The van der Waals surface area contributed by atoms with Crippen LogP contribution in [-0.4, -0.2) is 93.6 Å². The number of carbonyl (C=O) groups is 4. The van der Waals surface area contributed by atoms with E-state index in [1.165, 1.54) is 0 Å². The van der Waals surface area contributed by atoms with Gasteiger partial charge >= 0.3 is 24.1 Å². The number of hydrazine groups is 2. The van der Waals surface area contributed by atoms with Crippen molar-refractivity contribution in [2.24, 2.45) is 11.7 Å². The van der Waals surface area contributed by atoms with E-state index < -0.39 is 23.1 Å². The first-order valence-corrected chi connectivity index (χ1v) is 11.8. The lowest BCUT2D eigenvalue weighted by molar-refractivity contribution is -0.159. The summed E-state index contributed by atoms with van der Waals surface area (Å²) < 4.78 is 10.6. The number of hydrogen-bond acceptors (Lipinski definition) is 10. The molecule has 210 valence electrons. The lowest BCUT2D eigenvalue weighted by Gasteiger charge is -2.33. The zero-order valence-corrected chi connectivity index (χ0v) is 22.2. The Kier molecular flexibility index (Phi) is 14.3. The van der Waals surface area contributed by atoms with Crippen molar-refractivity contribution in [2.75, 3.05) is 26.2 Å². The molecule has 0 saturated carbocycles. The molecule has 14 nitrogen and oxygen atoms in total. The molecule has 0 radical (unpaired) electrons. The fourth-order valence-corrected chi connectivity index (χ4v) is 3.11. The first-order valence-electron chi connectivity index (χ1n) is 11.8. The number of aliphatic carboxylic acids is 2. The fourth-order valence-electron chi connectivity index (χ4n) is 3.11. The van der Waals surface area contributed by atoms with Gasteiger partial charge in [0.05, 0.1) is 0 Å². The number of carbonyl (C=O) groups excluding carboxylic acids is 2. The molecule has 2 amide bonds. The average molecular weight is 521 g/mol. The molecule has 2 heterocycles. The SMILES string of the molecule is CC(C)(C)OC(=O)N1CCC(NN)CC1.CC(C)(C)OC(=O)N1CCC(NN)CC1.O=C(O)C(=O)O. The quantitative estimate of drug-likeness (QED) is 0.170. The molecule has 8 N–H and O–H groups in total. The van der Waals surface area contributed by atoms with Crippen LogP contribution in [0.15, 0.2) is 0 Å². The number of nitrogens with zero attached hydrogens (tertiary/aromatic N) is 2. The number of nitrogens with one attached hydrogen (secondary N) is 2. The number of carboxylic acid groups (broad SMARTS) is 2. The van der Waals surface area contributed by atoms with Gasteiger partial charge in [-0.2, -0.15) is 0 Å². The van der Waals surface area contributed by atoms with Gasteiger partial charge in [0.15, 0.2) is 0 Å². The Morgan fingerprint density at radius 2 is 0.917 bits per heavy atom. The van der Waals surface area contributed by atoms with Crippen LogP contribution in [-0.2, 0) is 19.1 Å².